The lowest BCUT2D eigenvalue weighted by Gasteiger charge is -2.24. The predicted octanol–water partition coefficient (Wildman–Crippen LogP) is 3.21. The van der Waals surface area contributed by atoms with E-state index in [1.54, 1.807) is 40.9 Å². The second-order valence-electron chi connectivity index (χ2n) is 8.13. The summed E-state index contributed by atoms with van der Waals surface area (Å²) in [6.45, 7) is 1.58. The molecule has 2 aliphatic heterocycles. The zero-order valence-electron chi connectivity index (χ0n) is 18.4. The van der Waals surface area contributed by atoms with Gasteiger partial charge in [-0.3, -0.25) is 9.59 Å². The first kappa shape index (κ1) is 22.7. The first-order valence-corrected chi connectivity index (χ1v) is 13.6. The van der Waals surface area contributed by atoms with Crippen LogP contribution in [0.15, 0.2) is 65.7 Å². The fourth-order valence-corrected chi connectivity index (χ4v) is 6.76. The van der Waals surface area contributed by atoms with Gasteiger partial charge in [-0.05, 0) is 48.4 Å². The minimum Gasteiger partial charge on any atom is -0.356 e. The van der Waals surface area contributed by atoms with Crippen LogP contribution in [0.2, 0.25) is 0 Å². The molecule has 0 saturated carbocycles. The number of amides is 2. The van der Waals surface area contributed by atoms with Crippen LogP contribution < -0.4 is 10.2 Å². The molecule has 176 valence electrons. The van der Waals surface area contributed by atoms with Gasteiger partial charge in [-0.15, -0.1) is 0 Å². The quantitative estimate of drug-likeness (QED) is 0.565. The molecule has 3 aromatic rings. The molecule has 8 nitrogen and oxygen atoms in total. The minimum atomic E-state index is -3.63. The molecule has 1 aromatic heterocycles. The average molecular weight is 497 g/mol. The Morgan fingerprint density at radius 1 is 0.971 bits per heavy atom. The summed E-state index contributed by atoms with van der Waals surface area (Å²) < 4.78 is 27.0. The molecule has 2 aromatic carbocycles. The van der Waals surface area contributed by atoms with E-state index in [0.29, 0.717) is 30.9 Å². The van der Waals surface area contributed by atoms with Crippen LogP contribution in [0.3, 0.4) is 0 Å². The fraction of sp³-hybridized carbons (Fsp3) is 0.250. The Kier molecular flexibility index (Phi) is 6.20. The first-order chi connectivity index (χ1) is 16.4. The number of aromatic nitrogens is 1. The number of sulfonamides is 1. The topological polar surface area (TPSA) is 103 Å². The molecule has 5 rings (SSSR count). The van der Waals surface area contributed by atoms with E-state index in [4.69, 9.17) is 0 Å². The lowest BCUT2D eigenvalue weighted by Crippen LogP contribution is -2.37. The van der Waals surface area contributed by atoms with Crippen LogP contribution in [0.1, 0.15) is 26.4 Å². The largest absolute Gasteiger partial charge is 0.356 e. The highest BCUT2D eigenvalue weighted by molar-refractivity contribution is 7.99. The first-order valence-electron chi connectivity index (χ1n) is 11.0. The van der Waals surface area contributed by atoms with E-state index in [1.165, 1.54) is 16.6 Å². The van der Waals surface area contributed by atoms with Crippen LogP contribution in [0.5, 0.6) is 0 Å². The molecular weight excluding hydrogens is 472 g/mol. The van der Waals surface area contributed by atoms with Crippen molar-refractivity contribution in [1.82, 2.24) is 9.29 Å². The van der Waals surface area contributed by atoms with Gasteiger partial charge in [0.15, 0.2) is 0 Å². The van der Waals surface area contributed by atoms with Crippen molar-refractivity contribution in [2.24, 2.45) is 0 Å². The van der Waals surface area contributed by atoms with E-state index >= 15 is 0 Å². The zero-order chi connectivity index (χ0) is 23.7. The summed E-state index contributed by atoms with van der Waals surface area (Å²) in [4.78, 5) is 30.2. The van der Waals surface area contributed by atoms with Crippen molar-refractivity contribution in [2.45, 2.75) is 11.3 Å². The van der Waals surface area contributed by atoms with Gasteiger partial charge in [-0.25, -0.2) is 8.42 Å². The number of hydrogen-bond acceptors (Lipinski definition) is 5. The van der Waals surface area contributed by atoms with E-state index in [0.717, 1.165) is 29.2 Å². The number of carbonyl (C=O) groups is 2. The van der Waals surface area contributed by atoms with E-state index in [2.05, 4.69) is 10.3 Å². The smallest absolute Gasteiger partial charge is 0.272 e. The van der Waals surface area contributed by atoms with Gasteiger partial charge in [-0.2, -0.15) is 16.1 Å². The standard InChI is InChI=1S/C24H24N4O4S2/c29-23(21-15-20(16-25-21)34(31,32)27-11-13-33-14-12-27)26-19-7-5-18(6-8-19)24(30)28-10-9-17-3-1-2-4-22(17)28/h1-8,15-16,25H,9-14H2,(H,26,29). The Bertz CT molecular complexity index is 1330. The van der Waals surface area contributed by atoms with Crippen molar-refractivity contribution in [2.75, 3.05) is 41.4 Å². The molecule has 0 unspecified atom stereocenters. The maximum Gasteiger partial charge on any atom is 0.272 e. The van der Waals surface area contributed by atoms with Crippen molar-refractivity contribution < 1.29 is 18.0 Å². The Balaban J connectivity index is 1.25. The number of carbonyl (C=O) groups excluding carboxylic acids is 2. The predicted molar refractivity (Wildman–Crippen MR) is 133 cm³/mol. The molecule has 10 heteroatoms. The van der Waals surface area contributed by atoms with Gasteiger partial charge < -0.3 is 15.2 Å². The van der Waals surface area contributed by atoms with Crippen LogP contribution in [0, 0.1) is 0 Å². The molecule has 0 radical (unpaired) electrons. The van der Waals surface area contributed by atoms with Crippen molar-refractivity contribution in [3.8, 4) is 0 Å². The van der Waals surface area contributed by atoms with Crippen LogP contribution in [-0.2, 0) is 16.4 Å². The molecule has 34 heavy (non-hydrogen) atoms. The number of aromatic amines is 1. The van der Waals surface area contributed by atoms with Crippen molar-refractivity contribution in [3.63, 3.8) is 0 Å². The third-order valence-corrected chi connectivity index (χ3v) is 8.85. The number of rotatable bonds is 5. The number of para-hydroxylation sites is 1. The molecule has 2 N–H and O–H groups in total. The summed E-state index contributed by atoms with van der Waals surface area (Å²) >= 11 is 1.73. The number of thioether (sulfide) groups is 1. The summed E-state index contributed by atoms with van der Waals surface area (Å²) in [5.41, 5.74) is 3.29. The lowest BCUT2D eigenvalue weighted by molar-refractivity contribution is 0.0988. The van der Waals surface area contributed by atoms with Gasteiger partial charge in [0.1, 0.15) is 10.6 Å². The van der Waals surface area contributed by atoms with Crippen LogP contribution in [-0.4, -0.2) is 60.7 Å². The van der Waals surface area contributed by atoms with Gasteiger partial charge in [0.2, 0.25) is 10.0 Å². The molecule has 0 aliphatic carbocycles. The second-order valence-corrected chi connectivity index (χ2v) is 11.3. The number of anilines is 2. The molecule has 0 bridgehead atoms. The van der Waals surface area contributed by atoms with E-state index in [-0.39, 0.29) is 16.5 Å². The van der Waals surface area contributed by atoms with Crippen LogP contribution >= 0.6 is 11.8 Å². The number of fused-ring (bicyclic) bond motifs is 1. The number of H-pyrrole nitrogens is 1. The average Bonchev–Trinajstić information content (AvgIpc) is 3.53. The molecular formula is C24H24N4O4S2. The van der Waals surface area contributed by atoms with Gasteiger partial charge in [0, 0.05) is 54.3 Å². The number of nitrogens with zero attached hydrogens (tertiary/aromatic N) is 2. The van der Waals surface area contributed by atoms with Crippen molar-refractivity contribution in [3.05, 3.63) is 77.6 Å². The molecule has 1 saturated heterocycles. The molecule has 2 aliphatic rings. The summed E-state index contributed by atoms with van der Waals surface area (Å²) in [5.74, 6) is 0.987. The summed E-state index contributed by atoms with van der Waals surface area (Å²) in [7, 11) is -3.63. The highest BCUT2D eigenvalue weighted by Gasteiger charge is 2.28. The highest BCUT2D eigenvalue weighted by Crippen LogP contribution is 2.29. The summed E-state index contributed by atoms with van der Waals surface area (Å²) in [5, 5.41) is 2.75. The monoisotopic (exact) mass is 496 g/mol. The number of benzene rings is 2. The third-order valence-electron chi connectivity index (χ3n) is 6.03. The van der Waals surface area contributed by atoms with Gasteiger partial charge in [-0.1, -0.05) is 18.2 Å². The lowest BCUT2D eigenvalue weighted by atomic mass is 10.1. The molecule has 1 fully saturated rings. The van der Waals surface area contributed by atoms with Crippen molar-refractivity contribution >= 4 is 45.0 Å². The molecule has 3 heterocycles. The molecule has 0 spiro atoms. The van der Waals surface area contributed by atoms with Gasteiger partial charge in [0.25, 0.3) is 11.8 Å². The van der Waals surface area contributed by atoms with Gasteiger partial charge in [0.05, 0.1) is 0 Å². The summed E-state index contributed by atoms with van der Waals surface area (Å²) in [6, 6.07) is 15.9. The molecule has 0 atom stereocenters. The van der Waals surface area contributed by atoms with Crippen LogP contribution in [0.4, 0.5) is 11.4 Å². The summed E-state index contributed by atoms with van der Waals surface area (Å²) in [6.07, 6.45) is 2.18. The Labute approximate surface area is 202 Å². The number of hydrogen-bond donors (Lipinski definition) is 2. The zero-order valence-corrected chi connectivity index (χ0v) is 20.0. The normalized spacial score (nSPS) is 16.3. The molecule has 2 amide bonds. The van der Waals surface area contributed by atoms with E-state index < -0.39 is 15.9 Å². The van der Waals surface area contributed by atoms with Crippen LogP contribution in [0.25, 0.3) is 0 Å². The SMILES string of the molecule is O=C(Nc1ccc(C(=O)N2CCc3ccccc32)cc1)c1cc(S(=O)(=O)N2CCSCC2)c[nH]1. The number of nitrogens with one attached hydrogen (secondary N) is 2. The Hall–Kier alpha value is -3.08. The Morgan fingerprint density at radius 2 is 1.71 bits per heavy atom. The second kappa shape index (κ2) is 9.28. The maximum absolute atomic E-state index is 13.0. The van der Waals surface area contributed by atoms with E-state index in [9.17, 15) is 18.0 Å². The highest BCUT2D eigenvalue weighted by atomic mass is 32.2. The maximum atomic E-state index is 13.0. The van der Waals surface area contributed by atoms with Gasteiger partial charge >= 0.3 is 0 Å². The Morgan fingerprint density at radius 3 is 2.47 bits per heavy atom. The minimum absolute atomic E-state index is 0.0800. The fourth-order valence-electron chi connectivity index (χ4n) is 4.19. The van der Waals surface area contributed by atoms with Crippen molar-refractivity contribution in [1.29, 1.82) is 0 Å². The van der Waals surface area contributed by atoms with E-state index in [1.807, 2.05) is 24.3 Å². The third kappa shape index (κ3) is 4.36.